The fraction of sp³-hybridized carbons (Fsp3) is 0.458. The summed E-state index contributed by atoms with van der Waals surface area (Å²) < 4.78 is 39.1. The van der Waals surface area contributed by atoms with Crippen molar-refractivity contribution in [1.29, 1.82) is 0 Å². The fourth-order valence-corrected chi connectivity index (χ4v) is 6.13. The number of ether oxygens (including phenoxy) is 2. The van der Waals surface area contributed by atoms with E-state index in [0.29, 0.717) is 41.9 Å². The zero-order chi connectivity index (χ0) is 22.1. The summed E-state index contributed by atoms with van der Waals surface area (Å²) in [5.74, 6) is 2.37. The van der Waals surface area contributed by atoms with Gasteiger partial charge in [0, 0.05) is 30.4 Å². The molecule has 5 rings (SSSR count). The Hall–Kier alpha value is -2.74. The summed E-state index contributed by atoms with van der Waals surface area (Å²) in [5, 5.41) is 0. The summed E-state index contributed by atoms with van der Waals surface area (Å²) in [6.45, 7) is 2.47. The average molecular weight is 457 g/mol. The van der Waals surface area contributed by atoms with Gasteiger partial charge in [-0.05, 0) is 61.1 Å². The first kappa shape index (κ1) is 21.1. The Labute approximate surface area is 188 Å². The molecule has 0 spiro atoms. The van der Waals surface area contributed by atoms with Gasteiger partial charge in [0.25, 0.3) is 15.9 Å². The number of carbonyl (C=O) groups excluding carboxylic acids is 1. The van der Waals surface area contributed by atoms with E-state index in [1.54, 1.807) is 30.3 Å². The number of carbonyl (C=O) groups is 1. The minimum atomic E-state index is -3.79. The molecule has 2 aromatic carbocycles. The van der Waals surface area contributed by atoms with E-state index in [0.717, 1.165) is 25.4 Å². The third-order valence-corrected chi connectivity index (χ3v) is 8.17. The van der Waals surface area contributed by atoms with Crippen LogP contribution in [-0.2, 0) is 10.0 Å². The minimum absolute atomic E-state index is 0.0234. The summed E-state index contributed by atoms with van der Waals surface area (Å²) in [7, 11) is -3.79. The van der Waals surface area contributed by atoms with Crippen LogP contribution in [0.5, 0.6) is 11.5 Å². The molecular weight excluding hydrogens is 428 g/mol. The van der Waals surface area contributed by atoms with Crippen molar-refractivity contribution in [2.75, 3.05) is 31.0 Å². The highest BCUT2D eigenvalue weighted by atomic mass is 32.2. The number of amides is 1. The SMILES string of the molecule is O=C(c1ccc(NS(=O)(=O)c2ccc3c(c2)OCCO3)cc1)N1CCC2CCCCC2C1. The van der Waals surface area contributed by atoms with Gasteiger partial charge in [-0.15, -0.1) is 0 Å². The highest BCUT2D eigenvalue weighted by molar-refractivity contribution is 7.92. The van der Waals surface area contributed by atoms with Crippen molar-refractivity contribution in [2.45, 2.75) is 37.0 Å². The number of hydrogen-bond acceptors (Lipinski definition) is 5. The van der Waals surface area contributed by atoms with Crippen LogP contribution < -0.4 is 14.2 Å². The van der Waals surface area contributed by atoms with Crippen molar-refractivity contribution in [3.8, 4) is 11.5 Å². The minimum Gasteiger partial charge on any atom is -0.486 e. The number of piperidine rings is 1. The Bertz CT molecular complexity index is 1100. The maximum atomic E-state index is 13.0. The van der Waals surface area contributed by atoms with Gasteiger partial charge in [-0.3, -0.25) is 9.52 Å². The van der Waals surface area contributed by atoms with E-state index in [-0.39, 0.29) is 10.8 Å². The number of anilines is 1. The van der Waals surface area contributed by atoms with Crippen molar-refractivity contribution in [3.05, 3.63) is 48.0 Å². The molecular formula is C24H28N2O5S. The summed E-state index contributed by atoms with van der Waals surface area (Å²) in [6.07, 6.45) is 6.18. The summed E-state index contributed by atoms with van der Waals surface area (Å²) in [5.41, 5.74) is 0.990. The topological polar surface area (TPSA) is 84.9 Å². The molecule has 2 aliphatic heterocycles. The number of hydrogen-bond donors (Lipinski definition) is 1. The number of likely N-dealkylation sites (tertiary alicyclic amines) is 1. The lowest BCUT2D eigenvalue weighted by molar-refractivity contribution is 0.0521. The first-order chi connectivity index (χ1) is 15.5. The van der Waals surface area contributed by atoms with E-state index in [4.69, 9.17) is 9.47 Å². The average Bonchev–Trinajstić information content (AvgIpc) is 2.83. The van der Waals surface area contributed by atoms with Gasteiger partial charge < -0.3 is 14.4 Å². The Morgan fingerprint density at radius 3 is 2.41 bits per heavy atom. The quantitative estimate of drug-likeness (QED) is 0.754. The van der Waals surface area contributed by atoms with Gasteiger partial charge in [-0.1, -0.05) is 19.3 Å². The third-order valence-electron chi connectivity index (χ3n) is 6.79. The maximum Gasteiger partial charge on any atom is 0.262 e. The molecule has 2 fully saturated rings. The van der Waals surface area contributed by atoms with Crippen molar-refractivity contribution in [3.63, 3.8) is 0 Å². The summed E-state index contributed by atoms with van der Waals surface area (Å²) in [4.78, 5) is 15.0. The highest BCUT2D eigenvalue weighted by Gasteiger charge is 2.33. The van der Waals surface area contributed by atoms with E-state index in [1.807, 2.05) is 4.90 Å². The molecule has 2 aromatic rings. The first-order valence-corrected chi connectivity index (χ1v) is 12.8. The van der Waals surface area contributed by atoms with E-state index < -0.39 is 10.0 Å². The monoisotopic (exact) mass is 456 g/mol. The predicted molar refractivity (Wildman–Crippen MR) is 121 cm³/mol. The Morgan fingerprint density at radius 2 is 1.62 bits per heavy atom. The van der Waals surface area contributed by atoms with E-state index in [9.17, 15) is 13.2 Å². The van der Waals surface area contributed by atoms with Gasteiger partial charge in [-0.25, -0.2) is 8.42 Å². The smallest absolute Gasteiger partial charge is 0.262 e. The molecule has 1 saturated heterocycles. The molecule has 1 amide bonds. The third kappa shape index (κ3) is 4.28. The molecule has 7 nitrogen and oxygen atoms in total. The summed E-state index contributed by atoms with van der Waals surface area (Å²) in [6, 6.07) is 11.2. The molecule has 1 saturated carbocycles. The fourth-order valence-electron chi connectivity index (χ4n) is 5.05. The van der Waals surface area contributed by atoms with Gasteiger partial charge in [0.1, 0.15) is 13.2 Å². The number of fused-ring (bicyclic) bond motifs is 2. The first-order valence-electron chi connectivity index (χ1n) is 11.3. The standard InChI is InChI=1S/C24H28N2O5S/c27-24(26-12-11-17-3-1-2-4-19(17)16-26)18-5-7-20(8-6-18)25-32(28,29)21-9-10-22-23(15-21)31-14-13-30-22/h5-10,15,17,19,25H,1-4,11-14,16H2. The lowest BCUT2D eigenvalue weighted by Crippen LogP contribution is -2.44. The Balaban J connectivity index is 1.26. The number of sulfonamides is 1. The second-order valence-corrected chi connectivity index (χ2v) is 10.5. The normalized spacial score (nSPS) is 22.7. The van der Waals surface area contributed by atoms with Crippen LogP contribution in [0.4, 0.5) is 5.69 Å². The predicted octanol–water partition coefficient (Wildman–Crippen LogP) is 3.91. The number of rotatable bonds is 4. The van der Waals surface area contributed by atoms with Gasteiger partial charge in [-0.2, -0.15) is 0 Å². The number of benzene rings is 2. The molecule has 0 aromatic heterocycles. The van der Waals surface area contributed by atoms with Crippen molar-refractivity contribution < 1.29 is 22.7 Å². The van der Waals surface area contributed by atoms with Gasteiger partial charge in [0.2, 0.25) is 0 Å². The van der Waals surface area contributed by atoms with Crippen LogP contribution in [-0.4, -0.2) is 45.5 Å². The van der Waals surface area contributed by atoms with E-state index in [2.05, 4.69) is 4.72 Å². The zero-order valence-electron chi connectivity index (χ0n) is 18.0. The van der Waals surface area contributed by atoms with Crippen LogP contribution in [0.25, 0.3) is 0 Å². The van der Waals surface area contributed by atoms with Gasteiger partial charge >= 0.3 is 0 Å². The molecule has 3 aliphatic rings. The van der Waals surface area contributed by atoms with Crippen molar-refractivity contribution in [1.82, 2.24) is 4.90 Å². The number of nitrogens with zero attached hydrogens (tertiary/aromatic N) is 1. The molecule has 2 unspecified atom stereocenters. The molecule has 8 heteroatoms. The number of nitrogens with one attached hydrogen (secondary N) is 1. The molecule has 1 aliphatic carbocycles. The van der Waals surface area contributed by atoms with Gasteiger partial charge in [0.15, 0.2) is 11.5 Å². The van der Waals surface area contributed by atoms with Crippen LogP contribution >= 0.6 is 0 Å². The van der Waals surface area contributed by atoms with Crippen LogP contribution in [0, 0.1) is 11.8 Å². The van der Waals surface area contributed by atoms with Crippen molar-refractivity contribution >= 4 is 21.6 Å². The van der Waals surface area contributed by atoms with Crippen molar-refractivity contribution in [2.24, 2.45) is 11.8 Å². The maximum absolute atomic E-state index is 13.0. The van der Waals surface area contributed by atoms with Gasteiger partial charge in [0.05, 0.1) is 4.90 Å². The van der Waals surface area contributed by atoms with Crippen LogP contribution in [0.15, 0.2) is 47.4 Å². The molecule has 32 heavy (non-hydrogen) atoms. The Morgan fingerprint density at radius 1 is 0.906 bits per heavy atom. The largest absolute Gasteiger partial charge is 0.486 e. The molecule has 2 atom stereocenters. The summed E-state index contributed by atoms with van der Waals surface area (Å²) >= 11 is 0. The molecule has 0 bridgehead atoms. The molecule has 2 heterocycles. The van der Waals surface area contributed by atoms with E-state index in [1.165, 1.54) is 37.8 Å². The van der Waals surface area contributed by atoms with E-state index >= 15 is 0 Å². The lowest BCUT2D eigenvalue weighted by Gasteiger charge is -2.41. The van der Waals surface area contributed by atoms with Crippen LogP contribution in [0.1, 0.15) is 42.5 Å². The second kappa shape index (κ2) is 8.65. The van der Waals surface area contributed by atoms with Crippen LogP contribution in [0.2, 0.25) is 0 Å². The molecule has 170 valence electrons. The molecule has 1 N–H and O–H groups in total. The zero-order valence-corrected chi connectivity index (χ0v) is 18.8. The second-order valence-electron chi connectivity index (χ2n) is 8.83. The molecule has 0 radical (unpaired) electrons. The van der Waals surface area contributed by atoms with Crippen LogP contribution in [0.3, 0.4) is 0 Å². The Kier molecular flexibility index (Phi) is 5.71. The lowest BCUT2D eigenvalue weighted by atomic mass is 9.75. The highest BCUT2D eigenvalue weighted by Crippen LogP contribution is 2.36.